The first-order chi connectivity index (χ1) is 17.6. The SMILES string of the molecule is CCCCC[N+]1(CCCN)c2cc(-c3cccc(N)c3)ccc2-c2ccc(-c3cccc(N)c3)cc21. The fourth-order valence-electron chi connectivity index (χ4n) is 5.74. The van der Waals surface area contributed by atoms with E-state index in [0.717, 1.165) is 46.5 Å². The van der Waals surface area contributed by atoms with E-state index in [0.29, 0.717) is 6.54 Å². The van der Waals surface area contributed by atoms with Gasteiger partial charge in [-0.25, -0.2) is 0 Å². The molecule has 5 rings (SSSR count). The van der Waals surface area contributed by atoms with Crippen molar-refractivity contribution in [2.75, 3.05) is 31.1 Å². The molecule has 0 radical (unpaired) electrons. The lowest BCUT2D eigenvalue weighted by atomic mass is 9.98. The predicted molar refractivity (Wildman–Crippen MR) is 156 cm³/mol. The minimum atomic E-state index is 0.683. The fraction of sp³-hybridized carbons (Fsp3) is 0.250. The number of hydrogen-bond donors (Lipinski definition) is 3. The van der Waals surface area contributed by atoms with E-state index in [1.54, 1.807) is 0 Å². The quantitative estimate of drug-likeness (QED) is 0.134. The summed E-state index contributed by atoms with van der Waals surface area (Å²) in [6.45, 7) is 5.00. The van der Waals surface area contributed by atoms with Crippen molar-refractivity contribution < 1.29 is 0 Å². The topological polar surface area (TPSA) is 78.1 Å². The monoisotopic (exact) mass is 477 g/mol. The Kier molecular flexibility index (Phi) is 6.82. The fourth-order valence-corrected chi connectivity index (χ4v) is 5.74. The zero-order chi connectivity index (χ0) is 25.1. The van der Waals surface area contributed by atoms with Gasteiger partial charge in [0.25, 0.3) is 0 Å². The van der Waals surface area contributed by atoms with Gasteiger partial charge < -0.3 is 17.2 Å². The second-order valence-corrected chi connectivity index (χ2v) is 9.98. The van der Waals surface area contributed by atoms with Crippen LogP contribution in [0.5, 0.6) is 0 Å². The molecule has 36 heavy (non-hydrogen) atoms. The van der Waals surface area contributed by atoms with Crippen LogP contribution in [0.3, 0.4) is 0 Å². The van der Waals surface area contributed by atoms with Crippen molar-refractivity contribution in [2.45, 2.75) is 32.6 Å². The van der Waals surface area contributed by atoms with Crippen molar-refractivity contribution in [3.8, 4) is 33.4 Å². The van der Waals surface area contributed by atoms with E-state index >= 15 is 0 Å². The van der Waals surface area contributed by atoms with Crippen molar-refractivity contribution in [3.05, 3.63) is 84.9 Å². The standard InChI is InChI=1S/C32H37N4/c1-2-3-4-17-36(18-7-16-33)31-21-25(23-8-5-10-27(34)19-23)12-14-29(31)30-15-13-26(22-32(30)36)24-9-6-11-28(35)20-24/h5-6,8-15,19-22H,2-4,7,16-18,33-35H2,1H3/q+1. The van der Waals surface area contributed by atoms with Gasteiger partial charge in [-0.15, -0.1) is 0 Å². The van der Waals surface area contributed by atoms with Crippen molar-refractivity contribution >= 4 is 22.7 Å². The van der Waals surface area contributed by atoms with E-state index in [1.807, 2.05) is 24.3 Å². The molecule has 184 valence electrons. The molecule has 4 nitrogen and oxygen atoms in total. The Balaban J connectivity index is 1.70. The molecule has 0 aromatic heterocycles. The molecule has 4 heteroatoms. The van der Waals surface area contributed by atoms with Crippen LogP contribution in [0.4, 0.5) is 22.7 Å². The number of hydrogen-bond acceptors (Lipinski definition) is 3. The number of nitrogen functional groups attached to an aromatic ring is 2. The molecule has 4 aromatic rings. The summed E-state index contributed by atoms with van der Waals surface area (Å²) in [6, 6.07) is 30.2. The zero-order valence-corrected chi connectivity index (χ0v) is 21.2. The van der Waals surface area contributed by atoms with E-state index in [9.17, 15) is 0 Å². The lowest BCUT2D eigenvalue weighted by Crippen LogP contribution is -2.45. The molecule has 0 fully saturated rings. The van der Waals surface area contributed by atoms with Crippen LogP contribution in [0.1, 0.15) is 32.6 Å². The van der Waals surface area contributed by atoms with Crippen LogP contribution in [0, 0.1) is 0 Å². The number of rotatable bonds is 9. The highest BCUT2D eigenvalue weighted by molar-refractivity contribution is 5.98. The molecule has 6 N–H and O–H groups in total. The molecule has 1 heterocycles. The second-order valence-electron chi connectivity index (χ2n) is 9.98. The summed E-state index contributed by atoms with van der Waals surface area (Å²) in [7, 11) is 0. The van der Waals surface area contributed by atoms with Gasteiger partial charge in [-0.3, -0.25) is 4.48 Å². The van der Waals surface area contributed by atoms with Crippen LogP contribution in [-0.4, -0.2) is 19.6 Å². The van der Waals surface area contributed by atoms with Crippen LogP contribution in [-0.2, 0) is 0 Å². The minimum Gasteiger partial charge on any atom is -0.399 e. The summed E-state index contributed by atoms with van der Waals surface area (Å²) in [5, 5.41) is 0. The zero-order valence-electron chi connectivity index (χ0n) is 21.2. The average molecular weight is 478 g/mol. The molecule has 4 aromatic carbocycles. The maximum Gasteiger partial charge on any atom is 0.146 e. The first kappa shape index (κ1) is 24.1. The summed E-state index contributed by atoms with van der Waals surface area (Å²) < 4.78 is 0.841. The van der Waals surface area contributed by atoms with Gasteiger partial charge in [-0.2, -0.15) is 0 Å². The third-order valence-electron chi connectivity index (χ3n) is 7.54. The maximum atomic E-state index is 6.13. The third-order valence-corrected chi connectivity index (χ3v) is 7.54. The summed E-state index contributed by atoms with van der Waals surface area (Å²) in [5.41, 5.74) is 30.0. The number of nitrogens with zero attached hydrogens (tertiary/aromatic N) is 1. The van der Waals surface area contributed by atoms with Crippen molar-refractivity contribution in [1.29, 1.82) is 0 Å². The van der Waals surface area contributed by atoms with Crippen molar-refractivity contribution in [2.24, 2.45) is 5.73 Å². The molecule has 0 amide bonds. The molecule has 0 bridgehead atoms. The number of quaternary nitrogens is 1. The lowest BCUT2D eigenvalue weighted by molar-refractivity contribution is 0.372. The van der Waals surface area contributed by atoms with Crippen LogP contribution in [0.25, 0.3) is 33.4 Å². The molecule has 0 spiro atoms. The average Bonchev–Trinajstić information content (AvgIpc) is 3.16. The molecule has 0 saturated carbocycles. The van der Waals surface area contributed by atoms with Gasteiger partial charge in [0.15, 0.2) is 0 Å². The Morgan fingerprint density at radius 2 is 1.08 bits per heavy atom. The Morgan fingerprint density at radius 1 is 0.583 bits per heavy atom. The highest BCUT2D eigenvalue weighted by atomic mass is 15.4. The summed E-state index contributed by atoms with van der Waals surface area (Å²) >= 11 is 0. The van der Waals surface area contributed by atoms with Gasteiger partial charge in [0, 0.05) is 41.1 Å². The van der Waals surface area contributed by atoms with Crippen LogP contribution < -0.4 is 21.7 Å². The Hall–Kier alpha value is -3.60. The van der Waals surface area contributed by atoms with Gasteiger partial charge in [-0.1, -0.05) is 49.7 Å². The Labute approximate surface area is 215 Å². The summed E-state index contributed by atoms with van der Waals surface area (Å²) in [5.74, 6) is 0. The van der Waals surface area contributed by atoms with E-state index in [1.165, 1.54) is 52.9 Å². The molecular formula is C32H37N4+. The van der Waals surface area contributed by atoms with Crippen LogP contribution in [0.15, 0.2) is 84.9 Å². The lowest BCUT2D eigenvalue weighted by Gasteiger charge is -2.36. The molecule has 0 aliphatic carbocycles. The number of nitrogens with two attached hydrogens (primary N) is 3. The second kappa shape index (κ2) is 10.2. The first-order valence-electron chi connectivity index (χ1n) is 13.1. The first-order valence-corrected chi connectivity index (χ1v) is 13.1. The number of unbranched alkanes of at least 4 members (excludes halogenated alkanes) is 2. The Morgan fingerprint density at radius 3 is 1.56 bits per heavy atom. The maximum absolute atomic E-state index is 6.13. The Bertz CT molecular complexity index is 1280. The van der Waals surface area contributed by atoms with Gasteiger partial charge in [0.1, 0.15) is 11.4 Å². The van der Waals surface area contributed by atoms with Gasteiger partial charge in [0.2, 0.25) is 0 Å². The highest BCUT2D eigenvalue weighted by Gasteiger charge is 2.43. The number of benzene rings is 4. The van der Waals surface area contributed by atoms with Crippen molar-refractivity contribution in [3.63, 3.8) is 0 Å². The summed E-state index contributed by atoms with van der Waals surface area (Å²) in [4.78, 5) is 0. The molecule has 0 saturated heterocycles. The largest absolute Gasteiger partial charge is 0.399 e. The third kappa shape index (κ3) is 4.39. The van der Waals surface area contributed by atoms with Gasteiger partial charge in [-0.05, 0) is 78.0 Å². The number of anilines is 2. The molecule has 0 unspecified atom stereocenters. The number of fused-ring (bicyclic) bond motifs is 3. The van der Waals surface area contributed by atoms with E-state index in [2.05, 4.69) is 67.6 Å². The molecular weight excluding hydrogens is 440 g/mol. The smallest absolute Gasteiger partial charge is 0.146 e. The molecule has 1 aliphatic heterocycles. The predicted octanol–water partition coefficient (Wildman–Crippen LogP) is 7.34. The van der Waals surface area contributed by atoms with E-state index in [4.69, 9.17) is 17.2 Å². The van der Waals surface area contributed by atoms with Gasteiger partial charge >= 0.3 is 0 Å². The molecule has 1 aliphatic rings. The summed E-state index contributed by atoms with van der Waals surface area (Å²) in [6.07, 6.45) is 4.56. The highest BCUT2D eigenvalue weighted by Crippen LogP contribution is 2.55. The normalized spacial score (nSPS) is 13.4. The van der Waals surface area contributed by atoms with Crippen molar-refractivity contribution in [1.82, 2.24) is 4.48 Å². The molecule has 0 atom stereocenters. The minimum absolute atomic E-state index is 0.683. The van der Waals surface area contributed by atoms with Gasteiger partial charge in [0.05, 0.1) is 13.1 Å². The van der Waals surface area contributed by atoms with Crippen LogP contribution >= 0.6 is 0 Å². The van der Waals surface area contributed by atoms with Crippen LogP contribution in [0.2, 0.25) is 0 Å². The van der Waals surface area contributed by atoms with E-state index < -0.39 is 0 Å². The van der Waals surface area contributed by atoms with E-state index in [-0.39, 0.29) is 0 Å².